The van der Waals surface area contributed by atoms with Crippen LogP contribution in [0.4, 0.5) is 13.2 Å². The van der Waals surface area contributed by atoms with E-state index in [0.717, 1.165) is 12.1 Å². The molecule has 0 radical (unpaired) electrons. The van der Waals surface area contributed by atoms with Gasteiger partial charge in [0.2, 0.25) is 0 Å². The van der Waals surface area contributed by atoms with Crippen molar-refractivity contribution in [1.29, 1.82) is 0 Å². The molecule has 3 nitrogen and oxygen atoms in total. The maximum absolute atomic E-state index is 12.2. The number of Topliss-reactive ketones (excluding diaryl/α,β-unsaturated/α-hetero) is 1. The molecule has 0 spiro atoms. The number of methoxy groups -OCH3 is 1. The van der Waals surface area contributed by atoms with E-state index in [-0.39, 0.29) is 11.3 Å². The lowest BCUT2D eigenvalue weighted by molar-refractivity contribution is -0.274. The topological polar surface area (TPSA) is 35.5 Å². The largest absolute Gasteiger partial charge is 0.573 e. The molecule has 100 valence electrons. The first-order chi connectivity index (χ1) is 8.24. The Morgan fingerprint density at radius 2 is 2.00 bits per heavy atom. The molecule has 0 bridgehead atoms. The summed E-state index contributed by atoms with van der Waals surface area (Å²) in [6.45, 7) is 1.36. The van der Waals surface area contributed by atoms with Crippen molar-refractivity contribution < 1.29 is 27.4 Å². The third kappa shape index (κ3) is 3.80. The first-order valence-corrected chi connectivity index (χ1v) is 5.30. The van der Waals surface area contributed by atoms with E-state index in [4.69, 9.17) is 16.3 Å². The Morgan fingerprint density at radius 1 is 1.39 bits per heavy atom. The molecule has 0 N–H and O–H groups in total. The number of rotatable bonds is 4. The van der Waals surface area contributed by atoms with Gasteiger partial charge in [0.05, 0.1) is 18.1 Å². The summed E-state index contributed by atoms with van der Waals surface area (Å²) < 4.78 is 45.1. The fourth-order valence-corrected chi connectivity index (χ4v) is 1.37. The van der Waals surface area contributed by atoms with E-state index in [0.29, 0.717) is 0 Å². The zero-order valence-corrected chi connectivity index (χ0v) is 10.3. The zero-order chi connectivity index (χ0) is 13.9. The summed E-state index contributed by atoms with van der Waals surface area (Å²) in [5, 5.41) is -0.965. The lowest BCUT2D eigenvalue weighted by atomic mass is 10.1. The molecular weight excluding hydrogens is 273 g/mol. The van der Waals surface area contributed by atoms with Gasteiger partial charge in [-0.3, -0.25) is 4.79 Å². The third-order valence-electron chi connectivity index (χ3n) is 2.04. The molecule has 1 rings (SSSR count). The van der Waals surface area contributed by atoms with Crippen molar-refractivity contribution in [2.75, 3.05) is 7.11 Å². The van der Waals surface area contributed by atoms with Gasteiger partial charge in [0.15, 0.2) is 5.78 Å². The molecule has 0 amide bonds. The molecule has 0 aliphatic carbocycles. The highest BCUT2D eigenvalue weighted by atomic mass is 35.5. The molecule has 7 heteroatoms. The average Bonchev–Trinajstić information content (AvgIpc) is 2.26. The Hall–Kier alpha value is -1.43. The van der Waals surface area contributed by atoms with Crippen LogP contribution in [0.5, 0.6) is 11.5 Å². The molecule has 1 atom stereocenters. The Kier molecular flexibility index (Phi) is 4.45. The molecule has 0 aliphatic rings. The van der Waals surface area contributed by atoms with Crippen molar-refractivity contribution >= 4 is 17.4 Å². The van der Waals surface area contributed by atoms with Crippen molar-refractivity contribution in [2.24, 2.45) is 0 Å². The van der Waals surface area contributed by atoms with Gasteiger partial charge in [-0.25, -0.2) is 0 Å². The van der Waals surface area contributed by atoms with Crippen LogP contribution in [0, 0.1) is 0 Å². The van der Waals surface area contributed by atoms with Gasteiger partial charge in [0.25, 0.3) is 0 Å². The Labute approximate surface area is 106 Å². The van der Waals surface area contributed by atoms with E-state index < -0.39 is 23.3 Å². The number of hydrogen-bond acceptors (Lipinski definition) is 3. The van der Waals surface area contributed by atoms with Crippen LogP contribution in [0.15, 0.2) is 18.2 Å². The van der Waals surface area contributed by atoms with Crippen LogP contribution in [0.2, 0.25) is 0 Å². The predicted molar refractivity (Wildman–Crippen MR) is 59.3 cm³/mol. The molecule has 0 aliphatic heterocycles. The predicted octanol–water partition coefficient (Wildman–Crippen LogP) is 3.40. The number of alkyl halides is 4. The summed E-state index contributed by atoms with van der Waals surface area (Å²) in [4.78, 5) is 11.7. The van der Waals surface area contributed by atoms with Crippen molar-refractivity contribution in [1.82, 2.24) is 0 Å². The summed E-state index contributed by atoms with van der Waals surface area (Å²) >= 11 is 5.57. The van der Waals surface area contributed by atoms with Crippen LogP contribution >= 0.6 is 11.6 Å². The average molecular weight is 283 g/mol. The van der Waals surface area contributed by atoms with E-state index in [1.54, 1.807) is 0 Å². The van der Waals surface area contributed by atoms with Gasteiger partial charge in [0, 0.05) is 0 Å². The van der Waals surface area contributed by atoms with Crippen LogP contribution < -0.4 is 9.47 Å². The lowest BCUT2D eigenvalue weighted by Crippen LogP contribution is -2.20. The summed E-state index contributed by atoms with van der Waals surface area (Å²) in [5.74, 6) is -1.03. The first kappa shape index (κ1) is 14.6. The second kappa shape index (κ2) is 5.48. The zero-order valence-electron chi connectivity index (χ0n) is 9.55. The van der Waals surface area contributed by atoms with Gasteiger partial charge in [-0.2, -0.15) is 0 Å². The number of benzene rings is 1. The molecular formula is C11H10ClF3O3. The molecule has 0 fully saturated rings. The Balaban J connectivity index is 3.20. The minimum atomic E-state index is -4.88. The number of ketones is 1. The summed E-state index contributed by atoms with van der Waals surface area (Å²) in [6.07, 6.45) is -4.88. The van der Waals surface area contributed by atoms with Crippen molar-refractivity contribution in [3.63, 3.8) is 0 Å². The van der Waals surface area contributed by atoms with Gasteiger partial charge in [0.1, 0.15) is 11.5 Å². The standard InChI is InChI=1S/C11H10ClF3O3/c1-6(12)10(16)8-5-7(17-2)3-4-9(8)18-11(13,14)15/h3-6H,1-2H3. The molecule has 0 heterocycles. The van der Waals surface area contributed by atoms with E-state index in [1.807, 2.05) is 0 Å². The normalized spacial score (nSPS) is 13.0. The lowest BCUT2D eigenvalue weighted by Gasteiger charge is -2.14. The molecule has 1 unspecified atom stereocenters. The number of ether oxygens (including phenoxy) is 2. The van der Waals surface area contributed by atoms with Gasteiger partial charge in [-0.05, 0) is 25.1 Å². The first-order valence-electron chi connectivity index (χ1n) is 4.86. The second-order valence-corrected chi connectivity index (χ2v) is 4.04. The van der Waals surface area contributed by atoms with Gasteiger partial charge >= 0.3 is 6.36 Å². The van der Waals surface area contributed by atoms with Crippen LogP contribution in [0.3, 0.4) is 0 Å². The smallest absolute Gasteiger partial charge is 0.497 e. The van der Waals surface area contributed by atoms with Crippen molar-refractivity contribution in [2.45, 2.75) is 18.7 Å². The quantitative estimate of drug-likeness (QED) is 0.627. The number of hydrogen-bond donors (Lipinski definition) is 0. The summed E-state index contributed by atoms with van der Waals surface area (Å²) in [7, 11) is 1.33. The molecule has 0 aromatic heterocycles. The van der Waals surface area contributed by atoms with Crippen LogP contribution in [0.1, 0.15) is 17.3 Å². The van der Waals surface area contributed by atoms with E-state index >= 15 is 0 Å². The van der Waals surface area contributed by atoms with Gasteiger partial charge in [-0.1, -0.05) is 0 Å². The van der Waals surface area contributed by atoms with E-state index in [9.17, 15) is 18.0 Å². The van der Waals surface area contributed by atoms with E-state index in [2.05, 4.69) is 4.74 Å². The number of halogens is 4. The summed E-state index contributed by atoms with van der Waals surface area (Å²) in [5.41, 5.74) is -0.269. The molecule has 0 saturated heterocycles. The molecule has 0 saturated carbocycles. The van der Waals surface area contributed by atoms with E-state index in [1.165, 1.54) is 20.1 Å². The minimum Gasteiger partial charge on any atom is -0.497 e. The molecule has 18 heavy (non-hydrogen) atoms. The minimum absolute atomic E-state index is 0.241. The van der Waals surface area contributed by atoms with Crippen molar-refractivity contribution in [3.8, 4) is 11.5 Å². The second-order valence-electron chi connectivity index (χ2n) is 3.39. The SMILES string of the molecule is COc1ccc(OC(F)(F)F)c(C(=O)C(C)Cl)c1. The summed E-state index contributed by atoms with van der Waals surface area (Å²) in [6, 6.07) is 3.43. The molecule has 1 aromatic carbocycles. The Bertz CT molecular complexity index is 444. The fraction of sp³-hybridized carbons (Fsp3) is 0.364. The molecule has 1 aromatic rings. The maximum atomic E-state index is 12.2. The van der Waals surface area contributed by atoms with Crippen LogP contribution in [-0.2, 0) is 0 Å². The Morgan fingerprint density at radius 3 is 2.44 bits per heavy atom. The van der Waals surface area contributed by atoms with Crippen LogP contribution in [-0.4, -0.2) is 24.6 Å². The highest BCUT2D eigenvalue weighted by Crippen LogP contribution is 2.30. The number of carbonyl (C=O) groups excluding carboxylic acids is 1. The van der Waals surface area contributed by atoms with Crippen molar-refractivity contribution in [3.05, 3.63) is 23.8 Å². The maximum Gasteiger partial charge on any atom is 0.573 e. The third-order valence-corrected chi connectivity index (χ3v) is 2.24. The highest BCUT2D eigenvalue weighted by molar-refractivity contribution is 6.34. The highest BCUT2D eigenvalue weighted by Gasteiger charge is 2.33. The van der Waals surface area contributed by atoms with Gasteiger partial charge in [-0.15, -0.1) is 24.8 Å². The monoisotopic (exact) mass is 282 g/mol. The van der Waals surface area contributed by atoms with Crippen LogP contribution in [0.25, 0.3) is 0 Å². The fourth-order valence-electron chi connectivity index (χ4n) is 1.26. The number of carbonyl (C=O) groups is 1. The van der Waals surface area contributed by atoms with Gasteiger partial charge < -0.3 is 9.47 Å².